The number of likely N-dealkylation sites (tertiary alicyclic amines) is 1. The van der Waals surface area contributed by atoms with Crippen LogP contribution in [0, 0.1) is 16.0 Å². The molecule has 1 saturated heterocycles. The Hall–Kier alpha value is -2.64. The third-order valence-corrected chi connectivity index (χ3v) is 4.16. The van der Waals surface area contributed by atoms with Gasteiger partial charge in [-0.3, -0.25) is 19.7 Å². The molecular weight excluding hydrogens is 324 g/mol. The van der Waals surface area contributed by atoms with E-state index in [-0.39, 0.29) is 29.5 Å². The topological polar surface area (TPSA) is 105 Å². The van der Waals surface area contributed by atoms with Crippen molar-refractivity contribution in [2.75, 3.05) is 25.0 Å². The first-order valence-corrected chi connectivity index (χ1v) is 8.46. The lowest BCUT2D eigenvalue weighted by Crippen LogP contribution is -2.48. The second-order valence-electron chi connectivity index (χ2n) is 6.37. The third-order valence-electron chi connectivity index (χ3n) is 4.16. The maximum Gasteiger partial charge on any atom is 0.269 e. The summed E-state index contributed by atoms with van der Waals surface area (Å²) < 4.78 is 0. The molecule has 136 valence electrons. The number of carbonyl (C=O) groups excluding carboxylic acids is 2. The Morgan fingerprint density at radius 3 is 2.56 bits per heavy atom. The summed E-state index contributed by atoms with van der Waals surface area (Å²) in [5, 5.41) is 16.5. The highest BCUT2D eigenvalue weighted by molar-refractivity contribution is 5.88. The van der Waals surface area contributed by atoms with Crippen LogP contribution >= 0.6 is 0 Å². The van der Waals surface area contributed by atoms with Crippen LogP contribution < -0.4 is 10.6 Å². The number of non-ortho nitro benzene ring substituents is 1. The summed E-state index contributed by atoms with van der Waals surface area (Å²) in [5.41, 5.74) is 0.785. The van der Waals surface area contributed by atoms with E-state index >= 15 is 0 Å². The number of hydrogen-bond acceptors (Lipinski definition) is 5. The maximum absolute atomic E-state index is 12.3. The summed E-state index contributed by atoms with van der Waals surface area (Å²) in [6.07, 6.45) is 1.54. The number of amides is 2. The Morgan fingerprint density at radius 1 is 1.28 bits per heavy atom. The molecule has 1 aliphatic heterocycles. The summed E-state index contributed by atoms with van der Waals surface area (Å²) in [6, 6.07) is 5.72. The van der Waals surface area contributed by atoms with Crippen LogP contribution in [0.4, 0.5) is 11.4 Å². The van der Waals surface area contributed by atoms with Crippen molar-refractivity contribution in [3.63, 3.8) is 0 Å². The van der Waals surface area contributed by atoms with Gasteiger partial charge in [0, 0.05) is 43.4 Å². The molecule has 1 heterocycles. The molecule has 1 atom stereocenters. The smallest absolute Gasteiger partial charge is 0.269 e. The van der Waals surface area contributed by atoms with Gasteiger partial charge in [0.25, 0.3) is 5.69 Å². The van der Waals surface area contributed by atoms with E-state index < -0.39 is 4.92 Å². The van der Waals surface area contributed by atoms with Gasteiger partial charge < -0.3 is 15.5 Å². The molecule has 0 radical (unpaired) electrons. The van der Waals surface area contributed by atoms with Crippen molar-refractivity contribution < 1.29 is 14.5 Å². The van der Waals surface area contributed by atoms with E-state index in [1.165, 1.54) is 12.1 Å². The van der Waals surface area contributed by atoms with Gasteiger partial charge in [-0.2, -0.15) is 0 Å². The summed E-state index contributed by atoms with van der Waals surface area (Å²) in [5.74, 6) is -0.226. The molecule has 1 aromatic carbocycles. The number of nitrogens with zero attached hydrogens (tertiary/aromatic N) is 2. The van der Waals surface area contributed by atoms with Gasteiger partial charge in [0.2, 0.25) is 11.8 Å². The molecule has 2 rings (SSSR count). The number of benzene rings is 1. The zero-order valence-electron chi connectivity index (χ0n) is 14.5. The Balaban J connectivity index is 1.76. The molecule has 0 unspecified atom stereocenters. The molecule has 8 heteroatoms. The van der Waals surface area contributed by atoms with Crippen LogP contribution in [0.25, 0.3) is 0 Å². The van der Waals surface area contributed by atoms with Crippen LogP contribution in [-0.4, -0.2) is 47.3 Å². The number of nitro benzene ring substituents is 1. The molecule has 1 aliphatic rings. The number of hydrogen-bond donors (Lipinski definition) is 2. The normalized spacial score (nSPS) is 16.8. The van der Waals surface area contributed by atoms with Crippen LogP contribution in [0.5, 0.6) is 0 Å². The van der Waals surface area contributed by atoms with Gasteiger partial charge in [-0.1, -0.05) is 13.8 Å². The minimum absolute atomic E-state index is 0.0154. The first-order chi connectivity index (χ1) is 11.9. The van der Waals surface area contributed by atoms with Crippen molar-refractivity contribution >= 4 is 23.2 Å². The highest BCUT2D eigenvalue weighted by Gasteiger charge is 2.34. The first kappa shape index (κ1) is 18.7. The van der Waals surface area contributed by atoms with E-state index in [4.69, 9.17) is 0 Å². The number of anilines is 1. The highest BCUT2D eigenvalue weighted by Crippen LogP contribution is 2.20. The standard InChI is InChI=1S/C17H24N4O4/c1-12(2)17(23)20-11-3-4-15(20)16(22)19-10-9-18-13-5-7-14(8-6-13)21(24)25/h5-8,12,15,18H,3-4,9-11H2,1-2H3,(H,19,22)/t15-/m0/s1. The molecule has 25 heavy (non-hydrogen) atoms. The summed E-state index contributed by atoms with van der Waals surface area (Å²) in [4.78, 5) is 36.3. The van der Waals surface area contributed by atoms with E-state index in [0.717, 1.165) is 12.1 Å². The lowest BCUT2D eigenvalue weighted by molar-refractivity contribution is -0.384. The summed E-state index contributed by atoms with van der Waals surface area (Å²) in [7, 11) is 0. The Kier molecular flexibility index (Phi) is 6.32. The number of nitro groups is 1. The fraction of sp³-hybridized carbons (Fsp3) is 0.529. The molecule has 8 nitrogen and oxygen atoms in total. The maximum atomic E-state index is 12.3. The quantitative estimate of drug-likeness (QED) is 0.444. The van der Waals surface area contributed by atoms with E-state index in [2.05, 4.69) is 10.6 Å². The predicted octanol–water partition coefficient (Wildman–Crippen LogP) is 1.77. The van der Waals surface area contributed by atoms with Gasteiger partial charge in [-0.15, -0.1) is 0 Å². The van der Waals surface area contributed by atoms with Crippen molar-refractivity contribution in [1.29, 1.82) is 0 Å². The fourth-order valence-electron chi connectivity index (χ4n) is 2.85. The molecule has 1 aromatic rings. The van der Waals surface area contributed by atoms with Crippen LogP contribution in [-0.2, 0) is 9.59 Å². The molecule has 2 amide bonds. The molecular formula is C17H24N4O4. The zero-order valence-corrected chi connectivity index (χ0v) is 14.5. The van der Waals surface area contributed by atoms with Gasteiger partial charge in [0.05, 0.1) is 4.92 Å². The van der Waals surface area contributed by atoms with Gasteiger partial charge in [-0.05, 0) is 25.0 Å². The Morgan fingerprint density at radius 2 is 1.96 bits per heavy atom. The lowest BCUT2D eigenvalue weighted by atomic mass is 10.1. The monoisotopic (exact) mass is 348 g/mol. The van der Waals surface area contributed by atoms with E-state index in [0.29, 0.717) is 26.1 Å². The van der Waals surface area contributed by atoms with E-state index in [1.807, 2.05) is 13.8 Å². The molecule has 0 spiro atoms. The van der Waals surface area contributed by atoms with Crippen molar-refractivity contribution in [3.05, 3.63) is 34.4 Å². The van der Waals surface area contributed by atoms with Crippen LogP contribution in [0.2, 0.25) is 0 Å². The molecule has 0 aromatic heterocycles. The number of carbonyl (C=O) groups is 2. The van der Waals surface area contributed by atoms with Gasteiger partial charge in [0.1, 0.15) is 6.04 Å². The predicted molar refractivity (Wildman–Crippen MR) is 94.2 cm³/mol. The lowest BCUT2D eigenvalue weighted by Gasteiger charge is -2.25. The first-order valence-electron chi connectivity index (χ1n) is 8.46. The highest BCUT2D eigenvalue weighted by atomic mass is 16.6. The number of rotatable bonds is 7. The molecule has 0 bridgehead atoms. The minimum atomic E-state index is -0.449. The zero-order chi connectivity index (χ0) is 18.4. The number of nitrogens with one attached hydrogen (secondary N) is 2. The summed E-state index contributed by atoms with van der Waals surface area (Å²) >= 11 is 0. The van der Waals surface area contributed by atoms with Crippen LogP contribution in [0.15, 0.2) is 24.3 Å². The second-order valence-corrected chi connectivity index (χ2v) is 6.37. The second kappa shape index (κ2) is 8.46. The SMILES string of the molecule is CC(C)C(=O)N1CCC[C@H]1C(=O)NCCNc1ccc([N+](=O)[O-])cc1. The van der Waals surface area contributed by atoms with Crippen LogP contribution in [0.3, 0.4) is 0 Å². The van der Waals surface area contributed by atoms with Crippen molar-refractivity contribution in [2.45, 2.75) is 32.7 Å². The fourth-order valence-corrected chi connectivity index (χ4v) is 2.85. The van der Waals surface area contributed by atoms with Gasteiger partial charge in [-0.25, -0.2) is 0 Å². The minimum Gasteiger partial charge on any atom is -0.383 e. The Bertz CT molecular complexity index is 630. The summed E-state index contributed by atoms with van der Waals surface area (Å²) in [6.45, 7) is 5.22. The van der Waals surface area contributed by atoms with Gasteiger partial charge in [0.15, 0.2) is 0 Å². The average molecular weight is 348 g/mol. The largest absolute Gasteiger partial charge is 0.383 e. The average Bonchev–Trinajstić information content (AvgIpc) is 3.07. The van der Waals surface area contributed by atoms with E-state index in [9.17, 15) is 19.7 Å². The molecule has 2 N–H and O–H groups in total. The van der Waals surface area contributed by atoms with Crippen molar-refractivity contribution in [1.82, 2.24) is 10.2 Å². The molecule has 0 saturated carbocycles. The van der Waals surface area contributed by atoms with Gasteiger partial charge >= 0.3 is 0 Å². The van der Waals surface area contributed by atoms with Crippen molar-refractivity contribution in [2.24, 2.45) is 5.92 Å². The molecule has 0 aliphatic carbocycles. The Labute approximate surface area is 146 Å². The van der Waals surface area contributed by atoms with E-state index in [1.54, 1.807) is 17.0 Å². The third kappa shape index (κ3) is 4.91. The van der Waals surface area contributed by atoms with Crippen molar-refractivity contribution in [3.8, 4) is 0 Å². The molecule has 1 fully saturated rings. The van der Waals surface area contributed by atoms with Crippen LogP contribution in [0.1, 0.15) is 26.7 Å².